The number of hydrogen-bond donors (Lipinski definition) is 0. The van der Waals surface area contributed by atoms with E-state index >= 15 is 0 Å². The van der Waals surface area contributed by atoms with Crippen molar-refractivity contribution >= 4 is 11.4 Å². The van der Waals surface area contributed by atoms with Gasteiger partial charge in [-0.2, -0.15) is 0 Å². The SMILES string of the molecule is CN1CCOC[S+]1[O-]. The van der Waals surface area contributed by atoms with Crippen LogP contribution in [0.15, 0.2) is 0 Å². The topological polar surface area (TPSA) is 35.5 Å². The van der Waals surface area contributed by atoms with E-state index in [1.165, 1.54) is 0 Å². The van der Waals surface area contributed by atoms with Crippen molar-refractivity contribution in [1.82, 2.24) is 4.31 Å². The quantitative estimate of drug-likeness (QED) is 0.423. The first-order valence-corrected chi connectivity index (χ1v) is 3.75. The Morgan fingerprint density at radius 2 is 2.50 bits per heavy atom. The van der Waals surface area contributed by atoms with Crippen LogP contribution in [0.5, 0.6) is 0 Å². The minimum atomic E-state index is -0.874. The van der Waals surface area contributed by atoms with Crippen LogP contribution in [0, 0.1) is 0 Å². The average Bonchev–Trinajstić information content (AvgIpc) is 1.77. The molecule has 48 valence electrons. The van der Waals surface area contributed by atoms with Crippen molar-refractivity contribution in [2.24, 2.45) is 0 Å². The molecule has 0 radical (unpaired) electrons. The molecule has 0 aliphatic carbocycles. The largest absolute Gasteiger partial charge is 0.596 e. The van der Waals surface area contributed by atoms with Crippen LogP contribution in [0.2, 0.25) is 0 Å². The Hall–Kier alpha value is 0.230. The summed E-state index contributed by atoms with van der Waals surface area (Å²) in [7, 11) is 1.83. The van der Waals surface area contributed by atoms with Crippen LogP contribution in [0.4, 0.5) is 0 Å². The molecular weight excluding hydrogens is 126 g/mol. The second-order valence-electron chi connectivity index (χ2n) is 1.70. The highest BCUT2D eigenvalue weighted by atomic mass is 32.2. The Kier molecular flexibility index (Phi) is 2.13. The number of likely N-dealkylation sites (N-methyl/N-ethyl adjacent to an activating group) is 1. The van der Waals surface area contributed by atoms with Crippen molar-refractivity contribution in [1.29, 1.82) is 0 Å². The summed E-state index contributed by atoms with van der Waals surface area (Å²) in [5.74, 6) is 0.372. The lowest BCUT2D eigenvalue weighted by atomic mass is 10.7. The van der Waals surface area contributed by atoms with Crippen molar-refractivity contribution in [3.8, 4) is 0 Å². The summed E-state index contributed by atoms with van der Waals surface area (Å²) in [6.07, 6.45) is 0. The molecule has 4 heteroatoms. The molecule has 3 nitrogen and oxygen atoms in total. The predicted octanol–water partition coefficient (Wildman–Crippen LogP) is -0.430. The van der Waals surface area contributed by atoms with Gasteiger partial charge in [-0.1, -0.05) is 0 Å². The van der Waals surface area contributed by atoms with Crippen LogP contribution < -0.4 is 0 Å². The molecule has 1 heterocycles. The van der Waals surface area contributed by atoms with Gasteiger partial charge in [0.1, 0.15) is 0 Å². The molecule has 8 heavy (non-hydrogen) atoms. The smallest absolute Gasteiger partial charge is 0.225 e. The minimum Gasteiger partial charge on any atom is -0.596 e. The van der Waals surface area contributed by atoms with E-state index in [0.717, 1.165) is 6.54 Å². The van der Waals surface area contributed by atoms with Gasteiger partial charge in [0.15, 0.2) is 0 Å². The van der Waals surface area contributed by atoms with Crippen molar-refractivity contribution < 1.29 is 9.29 Å². The Morgan fingerprint density at radius 1 is 1.75 bits per heavy atom. The molecule has 1 aliphatic heterocycles. The summed E-state index contributed by atoms with van der Waals surface area (Å²) in [5.41, 5.74) is 0. The molecule has 1 saturated heterocycles. The first-order chi connectivity index (χ1) is 3.80. The van der Waals surface area contributed by atoms with Gasteiger partial charge >= 0.3 is 0 Å². The number of ether oxygens (including phenoxy) is 1. The number of nitrogens with zero attached hydrogens (tertiary/aromatic N) is 1. The molecule has 0 bridgehead atoms. The highest BCUT2D eigenvalue weighted by molar-refractivity contribution is 7.88. The first kappa shape index (κ1) is 6.35. The van der Waals surface area contributed by atoms with Gasteiger partial charge in [-0.05, 0) is 0 Å². The van der Waals surface area contributed by atoms with Gasteiger partial charge < -0.3 is 9.29 Å². The highest BCUT2D eigenvalue weighted by Crippen LogP contribution is 2.03. The summed E-state index contributed by atoms with van der Waals surface area (Å²) in [5, 5.41) is 0. The molecule has 1 rings (SSSR count). The standard InChI is InChI=1S/C4H9NO2S/c1-5-2-3-7-4-8(5)6/h2-4H2,1H3. The lowest BCUT2D eigenvalue weighted by Crippen LogP contribution is -2.38. The summed E-state index contributed by atoms with van der Waals surface area (Å²) in [4.78, 5) is 0. The van der Waals surface area contributed by atoms with Gasteiger partial charge in [0, 0.05) is 7.05 Å². The van der Waals surface area contributed by atoms with E-state index in [0.29, 0.717) is 12.5 Å². The van der Waals surface area contributed by atoms with Crippen molar-refractivity contribution in [2.75, 3.05) is 26.1 Å². The van der Waals surface area contributed by atoms with E-state index in [4.69, 9.17) is 4.74 Å². The molecule has 0 amide bonds. The zero-order chi connectivity index (χ0) is 5.98. The second-order valence-corrected chi connectivity index (χ2v) is 3.20. The van der Waals surface area contributed by atoms with Crippen LogP contribution >= 0.6 is 0 Å². The molecule has 1 aliphatic rings. The number of hydrogen-bond acceptors (Lipinski definition) is 3. The van der Waals surface area contributed by atoms with Crippen LogP contribution in [0.3, 0.4) is 0 Å². The van der Waals surface area contributed by atoms with Crippen LogP contribution in [0.1, 0.15) is 0 Å². The van der Waals surface area contributed by atoms with E-state index in [-0.39, 0.29) is 0 Å². The maximum absolute atomic E-state index is 10.7. The van der Waals surface area contributed by atoms with Crippen LogP contribution in [0.25, 0.3) is 0 Å². The lowest BCUT2D eigenvalue weighted by Gasteiger charge is -2.23. The monoisotopic (exact) mass is 135 g/mol. The third kappa shape index (κ3) is 1.35. The van der Waals surface area contributed by atoms with Crippen LogP contribution in [-0.2, 0) is 16.1 Å². The molecule has 1 unspecified atom stereocenters. The van der Waals surface area contributed by atoms with E-state index in [9.17, 15) is 4.55 Å². The Bertz CT molecular complexity index is 70.4. The van der Waals surface area contributed by atoms with Gasteiger partial charge in [-0.3, -0.25) is 0 Å². The minimum absolute atomic E-state index is 0.372. The van der Waals surface area contributed by atoms with Crippen molar-refractivity contribution in [2.45, 2.75) is 0 Å². The molecule has 0 N–H and O–H groups in total. The fourth-order valence-electron chi connectivity index (χ4n) is 0.515. The van der Waals surface area contributed by atoms with Crippen LogP contribution in [-0.4, -0.2) is 35.0 Å². The number of rotatable bonds is 0. The second kappa shape index (κ2) is 2.68. The van der Waals surface area contributed by atoms with Gasteiger partial charge in [0.05, 0.1) is 24.5 Å². The Balaban J connectivity index is 2.28. The first-order valence-electron chi connectivity index (χ1n) is 2.48. The summed E-state index contributed by atoms with van der Waals surface area (Å²) >= 11 is -0.874. The van der Waals surface area contributed by atoms with Gasteiger partial charge in [-0.25, -0.2) is 0 Å². The lowest BCUT2D eigenvalue weighted by molar-refractivity contribution is 0.140. The molecule has 0 spiro atoms. The zero-order valence-corrected chi connectivity index (χ0v) is 5.61. The van der Waals surface area contributed by atoms with E-state index in [1.54, 1.807) is 4.31 Å². The molecule has 0 aromatic carbocycles. The summed E-state index contributed by atoms with van der Waals surface area (Å²) < 4.78 is 17.4. The molecule has 1 atom stereocenters. The Morgan fingerprint density at radius 3 is 2.88 bits per heavy atom. The van der Waals surface area contributed by atoms with E-state index in [2.05, 4.69) is 0 Å². The third-order valence-corrected chi connectivity index (χ3v) is 2.33. The fourth-order valence-corrected chi connectivity index (χ4v) is 1.23. The normalized spacial score (nSPS) is 33.0. The van der Waals surface area contributed by atoms with Crippen molar-refractivity contribution in [3.05, 3.63) is 0 Å². The van der Waals surface area contributed by atoms with Gasteiger partial charge in [0.2, 0.25) is 5.94 Å². The van der Waals surface area contributed by atoms with E-state index < -0.39 is 11.4 Å². The molecule has 0 saturated carbocycles. The highest BCUT2D eigenvalue weighted by Gasteiger charge is 2.18. The van der Waals surface area contributed by atoms with Gasteiger partial charge in [0.25, 0.3) is 0 Å². The fraction of sp³-hybridized carbons (Fsp3) is 1.00. The van der Waals surface area contributed by atoms with Gasteiger partial charge in [-0.15, -0.1) is 4.31 Å². The maximum Gasteiger partial charge on any atom is 0.225 e. The maximum atomic E-state index is 10.7. The average molecular weight is 135 g/mol. The van der Waals surface area contributed by atoms with Crippen molar-refractivity contribution in [3.63, 3.8) is 0 Å². The molecule has 0 aromatic heterocycles. The molecule has 0 aromatic rings. The summed E-state index contributed by atoms with van der Waals surface area (Å²) in [6.45, 7) is 1.49. The molecule has 1 fully saturated rings. The predicted molar refractivity (Wildman–Crippen MR) is 31.6 cm³/mol. The Labute approximate surface area is 51.9 Å². The van der Waals surface area contributed by atoms with E-state index in [1.807, 2.05) is 7.05 Å². The third-order valence-electron chi connectivity index (χ3n) is 1.08. The zero-order valence-electron chi connectivity index (χ0n) is 4.79. The summed E-state index contributed by atoms with van der Waals surface area (Å²) in [6, 6.07) is 0. The molecular formula is C4H9NO2S.